The lowest BCUT2D eigenvalue weighted by Gasteiger charge is -2.45. The average molecular weight is 272 g/mol. The van der Waals surface area contributed by atoms with Crippen molar-refractivity contribution in [1.29, 1.82) is 0 Å². The lowest BCUT2D eigenvalue weighted by molar-refractivity contribution is -0.384. The summed E-state index contributed by atoms with van der Waals surface area (Å²) in [5.74, 6) is 0.637. The van der Waals surface area contributed by atoms with E-state index in [-0.39, 0.29) is 10.6 Å². The van der Waals surface area contributed by atoms with Crippen molar-refractivity contribution < 1.29 is 4.92 Å². The van der Waals surface area contributed by atoms with E-state index in [9.17, 15) is 10.1 Å². The maximum Gasteiger partial charge on any atom is 0.269 e. The molecular formula is C16H20N2O2. The highest BCUT2D eigenvalue weighted by Gasteiger charge is 2.35. The van der Waals surface area contributed by atoms with Crippen LogP contribution in [0.4, 0.5) is 11.4 Å². The van der Waals surface area contributed by atoms with Crippen molar-refractivity contribution in [3.63, 3.8) is 0 Å². The molecule has 3 rings (SSSR count). The van der Waals surface area contributed by atoms with E-state index in [1.54, 1.807) is 12.1 Å². The lowest BCUT2D eigenvalue weighted by Crippen LogP contribution is -2.47. The Bertz CT molecular complexity index is 541. The molecule has 0 aromatic heterocycles. The van der Waals surface area contributed by atoms with Gasteiger partial charge in [-0.15, -0.1) is 6.58 Å². The van der Waals surface area contributed by atoms with Crippen LogP contribution in [0.1, 0.15) is 31.2 Å². The minimum atomic E-state index is -0.301. The highest BCUT2D eigenvalue weighted by Crippen LogP contribution is 2.41. The van der Waals surface area contributed by atoms with E-state index in [0.29, 0.717) is 12.0 Å². The lowest BCUT2D eigenvalue weighted by atomic mass is 9.76. The Hall–Kier alpha value is -1.84. The Balaban J connectivity index is 2.01. The van der Waals surface area contributed by atoms with Gasteiger partial charge in [0.15, 0.2) is 0 Å². The molecule has 2 atom stereocenters. The highest BCUT2D eigenvalue weighted by molar-refractivity contribution is 5.61. The molecule has 0 saturated heterocycles. The second-order valence-electron chi connectivity index (χ2n) is 5.83. The number of anilines is 1. The summed E-state index contributed by atoms with van der Waals surface area (Å²) in [5.41, 5.74) is 2.50. The van der Waals surface area contributed by atoms with Crippen LogP contribution in [0, 0.1) is 16.0 Å². The fraction of sp³-hybridized carbons (Fsp3) is 0.500. The monoisotopic (exact) mass is 272 g/mol. The topological polar surface area (TPSA) is 46.4 Å². The van der Waals surface area contributed by atoms with Gasteiger partial charge in [-0.1, -0.05) is 18.9 Å². The Labute approximate surface area is 119 Å². The number of nitro groups is 1. The summed E-state index contributed by atoms with van der Waals surface area (Å²) in [6, 6.07) is 5.88. The number of nitro benzene ring substituents is 1. The largest absolute Gasteiger partial charge is 0.364 e. The molecule has 1 aromatic carbocycles. The Morgan fingerprint density at radius 2 is 2.20 bits per heavy atom. The summed E-state index contributed by atoms with van der Waals surface area (Å²) in [7, 11) is 0. The molecule has 106 valence electrons. The molecule has 2 aliphatic rings. The number of non-ortho nitro benzene ring substituents is 1. The molecule has 0 N–H and O–H groups in total. The molecule has 4 nitrogen and oxygen atoms in total. The van der Waals surface area contributed by atoms with E-state index < -0.39 is 0 Å². The number of hydrogen-bond donors (Lipinski definition) is 0. The highest BCUT2D eigenvalue weighted by atomic mass is 16.6. The van der Waals surface area contributed by atoms with Crippen molar-refractivity contribution in [2.24, 2.45) is 5.92 Å². The number of hydrogen-bond acceptors (Lipinski definition) is 3. The van der Waals surface area contributed by atoms with Crippen molar-refractivity contribution in [1.82, 2.24) is 0 Å². The Morgan fingerprint density at radius 3 is 2.95 bits per heavy atom. The van der Waals surface area contributed by atoms with Crippen molar-refractivity contribution in [2.45, 2.75) is 38.1 Å². The zero-order valence-corrected chi connectivity index (χ0v) is 11.6. The first-order chi connectivity index (χ1) is 9.70. The zero-order valence-electron chi connectivity index (χ0n) is 11.6. The van der Waals surface area contributed by atoms with Gasteiger partial charge in [-0.25, -0.2) is 0 Å². The van der Waals surface area contributed by atoms with Crippen molar-refractivity contribution in [2.75, 3.05) is 11.4 Å². The zero-order chi connectivity index (χ0) is 14.1. The molecule has 20 heavy (non-hydrogen) atoms. The molecule has 0 bridgehead atoms. The van der Waals surface area contributed by atoms with Gasteiger partial charge in [0.2, 0.25) is 0 Å². The molecule has 0 radical (unpaired) electrons. The van der Waals surface area contributed by atoms with Crippen LogP contribution in [-0.2, 0) is 6.42 Å². The van der Waals surface area contributed by atoms with Gasteiger partial charge < -0.3 is 4.90 Å². The van der Waals surface area contributed by atoms with Crippen molar-refractivity contribution in [3.8, 4) is 0 Å². The summed E-state index contributed by atoms with van der Waals surface area (Å²) >= 11 is 0. The van der Waals surface area contributed by atoms with Crippen molar-refractivity contribution >= 4 is 11.4 Å². The molecule has 1 fully saturated rings. The second-order valence-corrected chi connectivity index (χ2v) is 5.83. The number of nitrogens with zero attached hydrogens (tertiary/aromatic N) is 2. The van der Waals surface area contributed by atoms with Gasteiger partial charge in [-0.2, -0.15) is 0 Å². The summed E-state index contributed by atoms with van der Waals surface area (Å²) < 4.78 is 0. The van der Waals surface area contributed by atoms with Crippen LogP contribution in [0.15, 0.2) is 30.9 Å². The SMILES string of the molecule is C=CCN1c2ccc([N+](=O)[O-])cc2C[C@H]2CCCC[C@H]21. The molecule has 4 heteroatoms. The van der Waals surface area contributed by atoms with Crippen LogP contribution >= 0.6 is 0 Å². The average Bonchev–Trinajstić information content (AvgIpc) is 2.46. The fourth-order valence-electron chi connectivity index (χ4n) is 3.80. The van der Waals surface area contributed by atoms with Crippen LogP contribution < -0.4 is 4.90 Å². The van der Waals surface area contributed by atoms with E-state index in [4.69, 9.17) is 0 Å². The maximum absolute atomic E-state index is 11.0. The van der Waals surface area contributed by atoms with Gasteiger partial charge in [0, 0.05) is 30.4 Å². The quantitative estimate of drug-likeness (QED) is 0.479. The third-order valence-corrected chi connectivity index (χ3v) is 4.66. The third-order valence-electron chi connectivity index (χ3n) is 4.66. The summed E-state index contributed by atoms with van der Waals surface area (Å²) in [6.07, 6.45) is 7.96. The Kier molecular flexibility index (Phi) is 3.47. The first-order valence-electron chi connectivity index (χ1n) is 7.35. The molecular weight excluding hydrogens is 252 g/mol. The van der Waals surface area contributed by atoms with Crippen LogP contribution in [0.2, 0.25) is 0 Å². The summed E-state index contributed by atoms with van der Waals surface area (Å²) in [4.78, 5) is 13.1. The minimum Gasteiger partial charge on any atom is -0.364 e. The van der Waals surface area contributed by atoms with Crippen LogP contribution in [0.5, 0.6) is 0 Å². The normalized spacial score (nSPS) is 24.7. The van der Waals surface area contributed by atoms with E-state index in [1.165, 1.54) is 31.4 Å². The van der Waals surface area contributed by atoms with Crippen LogP contribution in [0.3, 0.4) is 0 Å². The fourth-order valence-corrected chi connectivity index (χ4v) is 3.80. The van der Waals surface area contributed by atoms with Crippen molar-refractivity contribution in [3.05, 3.63) is 46.5 Å². The second kappa shape index (κ2) is 5.27. The maximum atomic E-state index is 11.0. The van der Waals surface area contributed by atoms with Gasteiger partial charge in [0.1, 0.15) is 0 Å². The number of fused-ring (bicyclic) bond motifs is 2. The molecule has 1 aliphatic heterocycles. The van der Waals surface area contributed by atoms with Gasteiger partial charge in [-0.05, 0) is 36.8 Å². The van der Waals surface area contributed by atoms with Gasteiger partial charge >= 0.3 is 0 Å². The molecule has 1 heterocycles. The third kappa shape index (κ3) is 2.19. The summed E-state index contributed by atoms with van der Waals surface area (Å²) in [5, 5.41) is 11.0. The minimum absolute atomic E-state index is 0.205. The standard InChI is InChI=1S/C16H20N2O2/c1-2-9-17-15-6-4-3-5-12(15)10-13-11-14(18(19)20)7-8-16(13)17/h2,7-8,11-12,15H,1,3-6,9-10H2/t12-,15-/m1/s1. The molecule has 1 aromatic rings. The Morgan fingerprint density at radius 1 is 1.40 bits per heavy atom. The van der Waals surface area contributed by atoms with Gasteiger partial charge in [0.25, 0.3) is 5.69 Å². The van der Waals surface area contributed by atoms with Crippen LogP contribution in [-0.4, -0.2) is 17.5 Å². The predicted molar refractivity (Wildman–Crippen MR) is 80.1 cm³/mol. The predicted octanol–water partition coefficient (Wildman–Crippen LogP) is 3.70. The molecule has 0 amide bonds. The molecule has 0 unspecified atom stereocenters. The van der Waals surface area contributed by atoms with E-state index in [2.05, 4.69) is 11.5 Å². The summed E-state index contributed by atoms with van der Waals surface area (Å²) in [6.45, 7) is 4.69. The van der Waals surface area contributed by atoms with Gasteiger partial charge in [-0.3, -0.25) is 10.1 Å². The number of benzene rings is 1. The van der Waals surface area contributed by atoms with Gasteiger partial charge in [0.05, 0.1) is 4.92 Å². The molecule has 0 spiro atoms. The molecule has 1 saturated carbocycles. The van der Waals surface area contributed by atoms with E-state index in [0.717, 1.165) is 18.5 Å². The number of rotatable bonds is 3. The first-order valence-corrected chi connectivity index (χ1v) is 7.35. The van der Waals surface area contributed by atoms with Crippen LogP contribution in [0.25, 0.3) is 0 Å². The first kappa shape index (κ1) is 13.2. The van der Waals surface area contributed by atoms with E-state index >= 15 is 0 Å². The smallest absolute Gasteiger partial charge is 0.269 e. The molecule has 1 aliphatic carbocycles. The van der Waals surface area contributed by atoms with E-state index in [1.807, 2.05) is 12.1 Å².